The van der Waals surface area contributed by atoms with Gasteiger partial charge in [-0.05, 0) is 46.5 Å². The molecule has 0 aromatic heterocycles. The van der Waals surface area contributed by atoms with Crippen molar-refractivity contribution in [3.05, 3.63) is 96.1 Å². The summed E-state index contributed by atoms with van der Waals surface area (Å²) in [6, 6.07) is 28.5. The van der Waals surface area contributed by atoms with Crippen molar-refractivity contribution in [2.75, 3.05) is 0 Å². The summed E-state index contributed by atoms with van der Waals surface area (Å²) >= 11 is 0. The summed E-state index contributed by atoms with van der Waals surface area (Å²) < 4.78 is 0. The van der Waals surface area contributed by atoms with E-state index in [0.717, 1.165) is 11.1 Å². The van der Waals surface area contributed by atoms with Gasteiger partial charge in [0.25, 0.3) is 0 Å². The molecule has 4 aromatic rings. The van der Waals surface area contributed by atoms with Crippen LogP contribution in [-0.2, 0) is 0 Å². The highest BCUT2D eigenvalue weighted by molar-refractivity contribution is 5.88. The first-order valence-corrected chi connectivity index (χ1v) is 9.66. The lowest BCUT2D eigenvalue weighted by molar-refractivity contribution is 0.235. The van der Waals surface area contributed by atoms with Crippen LogP contribution in [0.5, 0.6) is 0 Å². The molecular weight excluding hydrogens is 344 g/mol. The maximum absolute atomic E-state index is 12.7. The van der Waals surface area contributed by atoms with Crippen molar-refractivity contribution in [2.45, 2.75) is 25.9 Å². The van der Waals surface area contributed by atoms with Gasteiger partial charge in [0, 0.05) is 0 Å². The van der Waals surface area contributed by atoms with Crippen LogP contribution >= 0.6 is 0 Å². The molecule has 3 heteroatoms. The maximum Gasteiger partial charge on any atom is 0.315 e. The fraction of sp³-hybridized carbons (Fsp3) is 0.160. The maximum atomic E-state index is 12.7. The first kappa shape index (κ1) is 18.1. The highest BCUT2D eigenvalue weighted by Crippen LogP contribution is 2.25. The average molecular weight is 368 g/mol. The number of benzene rings is 4. The van der Waals surface area contributed by atoms with Crippen LogP contribution in [0.4, 0.5) is 4.79 Å². The van der Waals surface area contributed by atoms with Gasteiger partial charge in [-0.1, -0.05) is 84.9 Å². The van der Waals surface area contributed by atoms with E-state index in [0.29, 0.717) is 0 Å². The number of fused-ring (bicyclic) bond motifs is 2. The predicted octanol–water partition coefficient (Wildman–Crippen LogP) is 6.11. The monoisotopic (exact) mass is 368 g/mol. The summed E-state index contributed by atoms with van der Waals surface area (Å²) in [6.45, 7) is 4.04. The van der Waals surface area contributed by atoms with E-state index < -0.39 is 0 Å². The fourth-order valence-electron chi connectivity index (χ4n) is 3.85. The number of hydrogen-bond acceptors (Lipinski definition) is 1. The van der Waals surface area contributed by atoms with Crippen LogP contribution in [0.15, 0.2) is 84.9 Å². The second-order valence-electron chi connectivity index (χ2n) is 7.20. The average Bonchev–Trinajstić information content (AvgIpc) is 2.72. The Hall–Kier alpha value is -3.33. The van der Waals surface area contributed by atoms with Gasteiger partial charge in [0.2, 0.25) is 0 Å². The molecule has 0 heterocycles. The minimum atomic E-state index is -0.166. The summed E-state index contributed by atoms with van der Waals surface area (Å²) in [5.41, 5.74) is 2.23. The molecule has 0 aliphatic carbocycles. The van der Waals surface area contributed by atoms with Crippen LogP contribution in [0.1, 0.15) is 37.1 Å². The van der Waals surface area contributed by atoms with Gasteiger partial charge < -0.3 is 10.6 Å². The summed E-state index contributed by atoms with van der Waals surface area (Å²) in [5, 5.41) is 10.9. The lowest BCUT2D eigenvalue weighted by atomic mass is 9.99. The first-order valence-electron chi connectivity index (χ1n) is 9.66. The minimum Gasteiger partial charge on any atom is -0.332 e. The third-order valence-corrected chi connectivity index (χ3v) is 5.27. The molecule has 2 amide bonds. The molecular formula is C25H24N2O. The molecule has 4 rings (SSSR count). The molecule has 3 nitrogen and oxygen atoms in total. The van der Waals surface area contributed by atoms with Gasteiger partial charge in [0.15, 0.2) is 0 Å². The molecule has 0 bridgehead atoms. The van der Waals surface area contributed by atoms with Gasteiger partial charge in [-0.2, -0.15) is 0 Å². The zero-order chi connectivity index (χ0) is 19.5. The SMILES string of the molecule is C[C@H](NC(=O)N[C@@H](C)c1cccc2ccccc12)c1cccc2ccccc12. The van der Waals surface area contributed by atoms with E-state index in [1.165, 1.54) is 21.5 Å². The second kappa shape index (κ2) is 7.73. The Kier molecular flexibility index (Phi) is 4.98. The van der Waals surface area contributed by atoms with E-state index in [1.807, 2.05) is 50.2 Å². The Morgan fingerprint density at radius 1 is 0.607 bits per heavy atom. The third kappa shape index (κ3) is 3.56. The van der Waals surface area contributed by atoms with Crippen LogP contribution in [-0.4, -0.2) is 6.03 Å². The molecule has 0 aliphatic rings. The van der Waals surface area contributed by atoms with Gasteiger partial charge in [0.05, 0.1) is 12.1 Å². The van der Waals surface area contributed by atoms with E-state index in [1.54, 1.807) is 0 Å². The zero-order valence-electron chi connectivity index (χ0n) is 16.1. The highest BCUT2D eigenvalue weighted by atomic mass is 16.2. The third-order valence-electron chi connectivity index (χ3n) is 5.27. The number of rotatable bonds is 4. The number of carbonyl (C=O) groups excluding carboxylic acids is 1. The molecule has 0 saturated carbocycles. The van der Waals surface area contributed by atoms with Crippen LogP contribution in [0, 0.1) is 0 Å². The molecule has 140 valence electrons. The first-order chi connectivity index (χ1) is 13.6. The Morgan fingerprint density at radius 2 is 1.00 bits per heavy atom. The van der Waals surface area contributed by atoms with Gasteiger partial charge in [-0.25, -0.2) is 4.79 Å². The lowest BCUT2D eigenvalue weighted by Gasteiger charge is -2.21. The van der Waals surface area contributed by atoms with Crippen molar-refractivity contribution in [3.63, 3.8) is 0 Å². The molecule has 0 unspecified atom stereocenters. The normalized spacial score (nSPS) is 13.2. The molecule has 4 aromatic carbocycles. The highest BCUT2D eigenvalue weighted by Gasteiger charge is 2.15. The van der Waals surface area contributed by atoms with Gasteiger partial charge in [-0.3, -0.25) is 0 Å². The van der Waals surface area contributed by atoms with E-state index in [2.05, 4.69) is 59.2 Å². The fourth-order valence-corrected chi connectivity index (χ4v) is 3.85. The van der Waals surface area contributed by atoms with E-state index >= 15 is 0 Å². The molecule has 0 fully saturated rings. The molecule has 2 N–H and O–H groups in total. The number of urea groups is 1. The topological polar surface area (TPSA) is 41.1 Å². The summed E-state index contributed by atoms with van der Waals surface area (Å²) in [6.07, 6.45) is 0. The van der Waals surface area contributed by atoms with E-state index in [-0.39, 0.29) is 18.1 Å². The minimum absolute atomic E-state index is 0.0918. The van der Waals surface area contributed by atoms with Crippen LogP contribution < -0.4 is 10.6 Å². The molecule has 0 spiro atoms. The molecule has 0 aliphatic heterocycles. The summed E-state index contributed by atoms with van der Waals surface area (Å²) in [4.78, 5) is 12.7. The smallest absolute Gasteiger partial charge is 0.315 e. The van der Waals surface area contributed by atoms with Gasteiger partial charge in [0.1, 0.15) is 0 Å². The van der Waals surface area contributed by atoms with Gasteiger partial charge in [-0.15, -0.1) is 0 Å². The Labute approximate surface area is 165 Å². The molecule has 0 saturated heterocycles. The number of nitrogens with one attached hydrogen (secondary N) is 2. The number of amides is 2. The quantitative estimate of drug-likeness (QED) is 0.448. The molecule has 28 heavy (non-hydrogen) atoms. The predicted molar refractivity (Wildman–Crippen MR) is 116 cm³/mol. The van der Waals surface area contributed by atoms with Crippen LogP contribution in [0.2, 0.25) is 0 Å². The van der Waals surface area contributed by atoms with Crippen molar-refractivity contribution in [1.82, 2.24) is 10.6 Å². The van der Waals surface area contributed by atoms with Crippen LogP contribution in [0.25, 0.3) is 21.5 Å². The van der Waals surface area contributed by atoms with Crippen molar-refractivity contribution in [2.24, 2.45) is 0 Å². The number of hydrogen-bond donors (Lipinski definition) is 2. The summed E-state index contributed by atoms with van der Waals surface area (Å²) in [7, 11) is 0. The summed E-state index contributed by atoms with van der Waals surface area (Å²) in [5.74, 6) is 0. The van der Waals surface area contributed by atoms with Gasteiger partial charge >= 0.3 is 6.03 Å². The van der Waals surface area contributed by atoms with Crippen LogP contribution in [0.3, 0.4) is 0 Å². The zero-order valence-corrected chi connectivity index (χ0v) is 16.1. The van der Waals surface area contributed by atoms with Crippen molar-refractivity contribution < 1.29 is 4.79 Å². The Morgan fingerprint density at radius 3 is 1.46 bits per heavy atom. The Balaban J connectivity index is 1.50. The standard InChI is InChI=1S/C25H24N2O/c1-17(21-15-7-11-19-9-3-5-13-23(19)21)26-25(28)27-18(2)22-16-8-12-20-10-4-6-14-24(20)22/h3-18H,1-2H3,(H2,26,27,28)/t17-,18-/m0/s1. The second-order valence-corrected chi connectivity index (χ2v) is 7.20. The lowest BCUT2D eigenvalue weighted by Crippen LogP contribution is -2.38. The largest absolute Gasteiger partial charge is 0.332 e. The number of carbonyl (C=O) groups is 1. The Bertz CT molecular complexity index is 1040. The van der Waals surface area contributed by atoms with Crippen molar-refractivity contribution in [1.29, 1.82) is 0 Å². The van der Waals surface area contributed by atoms with Crippen molar-refractivity contribution in [3.8, 4) is 0 Å². The van der Waals surface area contributed by atoms with E-state index in [4.69, 9.17) is 0 Å². The van der Waals surface area contributed by atoms with Crippen molar-refractivity contribution >= 4 is 27.6 Å². The molecule has 2 atom stereocenters. The molecule has 0 radical (unpaired) electrons. The van der Waals surface area contributed by atoms with E-state index in [9.17, 15) is 4.79 Å².